The van der Waals surface area contributed by atoms with Crippen molar-refractivity contribution in [2.45, 2.75) is 11.3 Å². The minimum absolute atomic E-state index is 0.121. The number of aryl methyl sites for hydroxylation is 1. The van der Waals surface area contributed by atoms with E-state index in [0.717, 1.165) is 17.1 Å². The third-order valence-corrected chi connectivity index (χ3v) is 4.30. The highest BCUT2D eigenvalue weighted by Gasteiger charge is 2.09. The molecule has 2 aromatic rings. The Morgan fingerprint density at radius 3 is 2.81 bits per heavy atom. The smallest absolute Gasteiger partial charge is 0.335 e. The van der Waals surface area contributed by atoms with E-state index in [4.69, 9.17) is 5.11 Å². The molecule has 0 fully saturated rings. The second-order valence-electron chi connectivity index (χ2n) is 3.94. The molecule has 0 unspecified atom stereocenters. The number of anilines is 1. The van der Waals surface area contributed by atoms with Gasteiger partial charge >= 0.3 is 5.97 Å². The Bertz CT molecular complexity index is 687. The van der Waals surface area contributed by atoms with Gasteiger partial charge in [-0.15, -0.1) is 10.2 Å². The van der Waals surface area contributed by atoms with Crippen LogP contribution in [-0.2, 0) is 4.79 Å². The first-order valence-electron chi connectivity index (χ1n) is 5.73. The van der Waals surface area contributed by atoms with E-state index < -0.39 is 11.7 Å². The van der Waals surface area contributed by atoms with Crippen molar-refractivity contribution >= 4 is 40.7 Å². The molecule has 0 radical (unpaired) electrons. The highest BCUT2D eigenvalue weighted by molar-refractivity contribution is 8.01. The summed E-state index contributed by atoms with van der Waals surface area (Å²) in [6.45, 7) is 1.82. The van der Waals surface area contributed by atoms with E-state index >= 15 is 0 Å². The Kier molecular flexibility index (Phi) is 4.76. The van der Waals surface area contributed by atoms with Crippen molar-refractivity contribution in [1.29, 1.82) is 0 Å². The molecule has 110 valence electrons. The quantitative estimate of drug-likeness (QED) is 0.797. The van der Waals surface area contributed by atoms with Gasteiger partial charge in [-0.05, 0) is 19.1 Å². The molecule has 2 rings (SSSR count). The number of benzene rings is 1. The fraction of sp³-hybridized carbons (Fsp3) is 0.167. The standard InChI is InChI=1S/C12H11N3O4S2/c1-6-14-15-12(21-6)20-5-10(17)13-7-2-3-9(16)8(4-7)11(18)19/h2-4,16H,5H2,1H3,(H,13,17)(H,18,19)/p-1. The Labute approximate surface area is 128 Å². The number of hydrogen-bond acceptors (Lipinski definition) is 7. The van der Waals surface area contributed by atoms with E-state index in [0.29, 0.717) is 4.34 Å². The van der Waals surface area contributed by atoms with Gasteiger partial charge in [-0.25, -0.2) is 4.79 Å². The van der Waals surface area contributed by atoms with Gasteiger partial charge in [0.15, 0.2) is 4.34 Å². The minimum atomic E-state index is -1.32. The Morgan fingerprint density at radius 1 is 1.43 bits per heavy atom. The molecule has 0 spiro atoms. The summed E-state index contributed by atoms with van der Waals surface area (Å²) in [5.74, 6) is -2.12. The number of carboxylic acid groups (broad SMARTS) is 1. The van der Waals surface area contributed by atoms with Crippen LogP contribution in [0, 0.1) is 6.92 Å². The highest BCUT2D eigenvalue weighted by atomic mass is 32.2. The number of hydrogen-bond donors (Lipinski definition) is 2. The molecular weight excluding hydrogens is 314 g/mol. The van der Waals surface area contributed by atoms with E-state index in [9.17, 15) is 14.7 Å². The first kappa shape index (κ1) is 15.3. The van der Waals surface area contributed by atoms with Gasteiger partial charge in [0.05, 0.1) is 11.3 Å². The van der Waals surface area contributed by atoms with Gasteiger partial charge in [-0.3, -0.25) is 4.79 Å². The molecule has 0 atom stereocenters. The van der Waals surface area contributed by atoms with E-state index in [1.165, 1.54) is 29.2 Å². The Hall–Kier alpha value is -2.13. The number of rotatable bonds is 5. The second kappa shape index (κ2) is 6.55. The Balaban J connectivity index is 1.96. The Morgan fingerprint density at radius 2 is 2.19 bits per heavy atom. The van der Waals surface area contributed by atoms with Crippen molar-refractivity contribution in [1.82, 2.24) is 10.2 Å². The summed E-state index contributed by atoms with van der Waals surface area (Å²) in [7, 11) is 0. The number of carbonyl (C=O) groups is 2. The molecule has 0 aliphatic rings. The van der Waals surface area contributed by atoms with Gasteiger partial charge in [0.25, 0.3) is 0 Å². The van der Waals surface area contributed by atoms with Crippen LogP contribution in [0.15, 0.2) is 22.5 Å². The van der Waals surface area contributed by atoms with Crippen molar-refractivity contribution in [3.63, 3.8) is 0 Å². The van der Waals surface area contributed by atoms with Crippen LogP contribution in [0.2, 0.25) is 0 Å². The number of amides is 1. The van der Waals surface area contributed by atoms with Gasteiger partial charge in [-0.2, -0.15) is 0 Å². The van der Waals surface area contributed by atoms with Crippen LogP contribution in [0.1, 0.15) is 15.4 Å². The molecule has 0 aliphatic heterocycles. The van der Waals surface area contributed by atoms with Crippen LogP contribution in [0.4, 0.5) is 5.69 Å². The van der Waals surface area contributed by atoms with E-state index in [-0.39, 0.29) is 22.9 Å². The molecule has 2 N–H and O–H groups in total. The third-order valence-electron chi connectivity index (χ3n) is 2.33. The second-order valence-corrected chi connectivity index (χ2v) is 6.34. The number of nitrogens with one attached hydrogen (secondary N) is 1. The van der Waals surface area contributed by atoms with E-state index in [1.54, 1.807) is 0 Å². The minimum Gasteiger partial charge on any atom is -0.872 e. The van der Waals surface area contributed by atoms with Gasteiger partial charge in [0, 0.05) is 5.69 Å². The zero-order chi connectivity index (χ0) is 15.4. The largest absolute Gasteiger partial charge is 0.872 e. The zero-order valence-corrected chi connectivity index (χ0v) is 12.5. The molecule has 0 aliphatic carbocycles. The van der Waals surface area contributed by atoms with Crippen molar-refractivity contribution < 1.29 is 19.8 Å². The molecule has 7 nitrogen and oxygen atoms in total. The van der Waals surface area contributed by atoms with Gasteiger partial charge in [-0.1, -0.05) is 34.9 Å². The molecule has 1 aromatic heterocycles. The summed E-state index contributed by atoms with van der Waals surface area (Å²) < 4.78 is 0.684. The van der Waals surface area contributed by atoms with Gasteiger partial charge < -0.3 is 15.5 Å². The lowest BCUT2D eigenvalue weighted by molar-refractivity contribution is -0.268. The number of carboxylic acids is 1. The topological polar surface area (TPSA) is 115 Å². The lowest BCUT2D eigenvalue weighted by Gasteiger charge is -2.12. The summed E-state index contributed by atoms with van der Waals surface area (Å²) in [4.78, 5) is 22.6. The monoisotopic (exact) mass is 324 g/mol. The molecule has 0 saturated heterocycles. The van der Waals surface area contributed by atoms with Crippen molar-refractivity contribution in [2.75, 3.05) is 11.1 Å². The number of thioether (sulfide) groups is 1. The molecule has 9 heteroatoms. The van der Waals surface area contributed by atoms with Crippen LogP contribution in [0.5, 0.6) is 5.75 Å². The lowest BCUT2D eigenvalue weighted by Crippen LogP contribution is -2.15. The normalized spacial score (nSPS) is 10.3. The maximum Gasteiger partial charge on any atom is 0.335 e. The predicted molar refractivity (Wildman–Crippen MR) is 76.8 cm³/mol. The SMILES string of the molecule is Cc1nnc(SCC(=O)Nc2ccc([O-])c(C(=O)O)c2)s1. The van der Waals surface area contributed by atoms with Crippen molar-refractivity contribution in [2.24, 2.45) is 0 Å². The maximum absolute atomic E-state index is 11.8. The summed E-state index contributed by atoms with van der Waals surface area (Å²) in [6.07, 6.45) is 0. The first-order chi connectivity index (χ1) is 9.95. The average molecular weight is 324 g/mol. The van der Waals surface area contributed by atoms with E-state index in [2.05, 4.69) is 15.5 Å². The number of nitrogens with zero attached hydrogens (tertiary/aromatic N) is 2. The number of aromatic carboxylic acids is 1. The van der Waals surface area contributed by atoms with Crippen LogP contribution in [-0.4, -0.2) is 32.9 Å². The van der Waals surface area contributed by atoms with Gasteiger partial charge in [0.2, 0.25) is 5.91 Å². The van der Waals surface area contributed by atoms with Crippen LogP contribution >= 0.6 is 23.1 Å². The van der Waals surface area contributed by atoms with Crippen molar-refractivity contribution in [3.8, 4) is 5.75 Å². The van der Waals surface area contributed by atoms with Gasteiger partial charge in [0.1, 0.15) is 5.01 Å². The molecular formula is C12H10N3O4S2-. The predicted octanol–water partition coefficient (Wildman–Crippen LogP) is 1.35. The number of aromatic nitrogens is 2. The van der Waals surface area contributed by atoms with Crippen LogP contribution < -0.4 is 10.4 Å². The summed E-state index contributed by atoms with van der Waals surface area (Å²) in [6, 6.07) is 3.62. The van der Waals surface area contributed by atoms with Crippen LogP contribution in [0.3, 0.4) is 0 Å². The highest BCUT2D eigenvalue weighted by Crippen LogP contribution is 2.23. The zero-order valence-electron chi connectivity index (χ0n) is 10.8. The number of carbonyl (C=O) groups excluding carboxylic acids is 1. The summed E-state index contributed by atoms with van der Waals surface area (Å²) >= 11 is 2.62. The van der Waals surface area contributed by atoms with E-state index in [1.807, 2.05) is 6.92 Å². The molecule has 0 saturated carbocycles. The molecule has 1 heterocycles. The fourth-order valence-corrected chi connectivity index (χ4v) is 3.05. The third kappa shape index (κ3) is 4.17. The first-order valence-corrected chi connectivity index (χ1v) is 7.53. The molecule has 1 aromatic carbocycles. The van der Waals surface area contributed by atoms with Crippen LogP contribution in [0.25, 0.3) is 0 Å². The fourth-order valence-electron chi connectivity index (χ4n) is 1.44. The molecule has 1 amide bonds. The summed E-state index contributed by atoms with van der Waals surface area (Å²) in [5.41, 5.74) is -0.105. The molecule has 21 heavy (non-hydrogen) atoms. The lowest BCUT2D eigenvalue weighted by atomic mass is 10.2. The molecule has 0 bridgehead atoms. The van der Waals surface area contributed by atoms with Crippen molar-refractivity contribution in [3.05, 3.63) is 28.8 Å². The summed E-state index contributed by atoms with van der Waals surface area (Å²) in [5, 5.41) is 31.2. The maximum atomic E-state index is 11.8. The average Bonchev–Trinajstić information content (AvgIpc) is 2.84.